The summed E-state index contributed by atoms with van der Waals surface area (Å²) in [6.07, 6.45) is 0.516. The summed E-state index contributed by atoms with van der Waals surface area (Å²) in [4.78, 5) is 22.7. The van der Waals surface area contributed by atoms with Crippen LogP contribution in [-0.2, 0) is 4.79 Å². The fraction of sp³-hybridized carbons (Fsp3) is 0.182. The van der Waals surface area contributed by atoms with Gasteiger partial charge in [0.2, 0.25) is 0 Å². The first-order valence-electron chi connectivity index (χ1n) is 4.58. The van der Waals surface area contributed by atoms with Gasteiger partial charge in [0.25, 0.3) is 5.69 Å². The fourth-order valence-electron chi connectivity index (χ4n) is 1.41. The molecule has 0 N–H and O–H groups in total. The van der Waals surface area contributed by atoms with Crippen LogP contribution >= 0.6 is 0 Å². The van der Waals surface area contributed by atoms with Crippen molar-refractivity contribution in [3.05, 3.63) is 40.5 Å². The number of anilines is 1. The third kappa shape index (κ3) is 2.08. The largest absolute Gasteiger partial charge is 0.372 e. The SMILES string of the molecule is C=C(C=O)c1cccc(N(C)C)c1[N+](=O)[O-]. The Morgan fingerprint density at radius 2 is 2.12 bits per heavy atom. The smallest absolute Gasteiger partial charge is 0.300 e. The van der Waals surface area contributed by atoms with Gasteiger partial charge in [-0.1, -0.05) is 12.6 Å². The van der Waals surface area contributed by atoms with E-state index in [1.54, 1.807) is 31.1 Å². The van der Waals surface area contributed by atoms with Crippen LogP contribution < -0.4 is 4.90 Å². The molecule has 1 aromatic carbocycles. The topological polar surface area (TPSA) is 63.5 Å². The quantitative estimate of drug-likeness (QED) is 0.336. The van der Waals surface area contributed by atoms with E-state index in [0.29, 0.717) is 12.0 Å². The molecular weight excluding hydrogens is 208 g/mol. The van der Waals surface area contributed by atoms with E-state index in [4.69, 9.17) is 0 Å². The second-order valence-electron chi connectivity index (χ2n) is 3.47. The Balaban J connectivity index is 3.50. The van der Waals surface area contributed by atoms with Crippen LogP contribution in [0.1, 0.15) is 5.56 Å². The Morgan fingerprint density at radius 3 is 2.56 bits per heavy atom. The Bertz CT molecular complexity index is 453. The van der Waals surface area contributed by atoms with E-state index in [0.717, 1.165) is 0 Å². The van der Waals surface area contributed by atoms with Gasteiger partial charge in [-0.2, -0.15) is 0 Å². The second-order valence-corrected chi connectivity index (χ2v) is 3.47. The molecule has 0 aromatic heterocycles. The number of benzene rings is 1. The van der Waals surface area contributed by atoms with Crippen LogP contribution in [0.5, 0.6) is 0 Å². The Morgan fingerprint density at radius 1 is 1.50 bits per heavy atom. The lowest BCUT2D eigenvalue weighted by molar-refractivity contribution is -0.384. The molecule has 84 valence electrons. The van der Waals surface area contributed by atoms with Crippen LogP contribution in [0.4, 0.5) is 11.4 Å². The molecule has 0 aliphatic rings. The summed E-state index contributed by atoms with van der Waals surface area (Å²) in [5.41, 5.74) is 0.719. The number of nitrogens with zero attached hydrogens (tertiary/aromatic N) is 2. The zero-order valence-corrected chi connectivity index (χ0v) is 9.14. The Labute approximate surface area is 93.1 Å². The normalized spacial score (nSPS) is 9.62. The minimum atomic E-state index is -0.501. The highest BCUT2D eigenvalue weighted by atomic mass is 16.6. The lowest BCUT2D eigenvalue weighted by Crippen LogP contribution is -2.12. The molecule has 0 atom stereocenters. The first kappa shape index (κ1) is 11.9. The number of rotatable bonds is 4. The van der Waals surface area contributed by atoms with Gasteiger partial charge in [-0.3, -0.25) is 14.9 Å². The lowest BCUT2D eigenvalue weighted by Gasteiger charge is -2.14. The molecule has 5 nitrogen and oxygen atoms in total. The van der Waals surface area contributed by atoms with Crippen molar-refractivity contribution in [2.24, 2.45) is 0 Å². The molecule has 0 aliphatic carbocycles. The highest BCUT2D eigenvalue weighted by Crippen LogP contribution is 2.33. The van der Waals surface area contributed by atoms with Gasteiger partial charge in [0.15, 0.2) is 0 Å². The molecule has 0 bridgehead atoms. The van der Waals surface area contributed by atoms with Crippen molar-refractivity contribution in [1.82, 2.24) is 0 Å². The van der Waals surface area contributed by atoms with Gasteiger partial charge in [0.05, 0.1) is 10.5 Å². The van der Waals surface area contributed by atoms with Gasteiger partial charge in [0, 0.05) is 19.7 Å². The average Bonchev–Trinajstić information content (AvgIpc) is 2.26. The maximum Gasteiger partial charge on any atom is 0.300 e. The summed E-state index contributed by atoms with van der Waals surface area (Å²) < 4.78 is 0. The van der Waals surface area contributed by atoms with Crippen molar-refractivity contribution < 1.29 is 9.72 Å². The van der Waals surface area contributed by atoms with Crippen LogP contribution in [-0.4, -0.2) is 25.3 Å². The van der Waals surface area contributed by atoms with E-state index in [-0.39, 0.29) is 16.8 Å². The number of aldehydes is 1. The first-order valence-corrected chi connectivity index (χ1v) is 4.58. The average molecular weight is 220 g/mol. The van der Waals surface area contributed by atoms with Crippen LogP contribution in [0.2, 0.25) is 0 Å². The molecule has 0 spiro atoms. The highest BCUT2D eigenvalue weighted by molar-refractivity contribution is 6.08. The number of hydrogen-bond donors (Lipinski definition) is 0. The maximum atomic E-state index is 11.0. The van der Waals surface area contributed by atoms with Gasteiger partial charge < -0.3 is 4.90 Å². The Kier molecular flexibility index (Phi) is 3.40. The van der Waals surface area contributed by atoms with E-state index in [2.05, 4.69) is 6.58 Å². The molecule has 0 saturated carbocycles. The van der Waals surface area contributed by atoms with Crippen molar-refractivity contribution in [3.8, 4) is 0 Å². The first-order chi connectivity index (χ1) is 7.49. The summed E-state index contributed by atoms with van der Waals surface area (Å²) in [6.45, 7) is 3.50. The van der Waals surface area contributed by atoms with Gasteiger partial charge >= 0.3 is 0 Å². The van der Waals surface area contributed by atoms with E-state index in [9.17, 15) is 14.9 Å². The summed E-state index contributed by atoms with van der Waals surface area (Å²) in [5.74, 6) is 0. The number of hydrogen-bond acceptors (Lipinski definition) is 4. The summed E-state index contributed by atoms with van der Waals surface area (Å²) in [6, 6.07) is 4.80. The molecule has 0 saturated heterocycles. The lowest BCUT2D eigenvalue weighted by atomic mass is 10.0. The van der Waals surface area contributed by atoms with Gasteiger partial charge in [0.1, 0.15) is 12.0 Å². The van der Waals surface area contributed by atoms with Crippen molar-refractivity contribution in [1.29, 1.82) is 0 Å². The third-order valence-corrected chi connectivity index (χ3v) is 2.17. The van der Waals surface area contributed by atoms with Crippen molar-refractivity contribution in [3.63, 3.8) is 0 Å². The second kappa shape index (κ2) is 4.57. The Hall–Kier alpha value is -2.17. The van der Waals surface area contributed by atoms with Crippen molar-refractivity contribution in [2.45, 2.75) is 0 Å². The number of carbonyl (C=O) groups excluding carboxylic acids is 1. The molecule has 0 amide bonds. The third-order valence-electron chi connectivity index (χ3n) is 2.17. The maximum absolute atomic E-state index is 11.0. The molecule has 5 heteroatoms. The molecule has 1 rings (SSSR count). The molecule has 0 unspecified atom stereocenters. The zero-order valence-electron chi connectivity index (χ0n) is 9.14. The summed E-state index contributed by atoms with van der Waals surface area (Å²) in [5, 5.41) is 11.0. The number of nitro benzene ring substituents is 1. The highest BCUT2D eigenvalue weighted by Gasteiger charge is 2.21. The summed E-state index contributed by atoms with van der Waals surface area (Å²) >= 11 is 0. The van der Waals surface area contributed by atoms with Crippen molar-refractivity contribution in [2.75, 3.05) is 19.0 Å². The standard InChI is InChI=1S/C11H12N2O3/c1-8(7-14)9-5-4-6-10(12(2)3)11(9)13(15)16/h4-7H,1H2,2-3H3. The van der Waals surface area contributed by atoms with E-state index >= 15 is 0 Å². The number of allylic oxidation sites excluding steroid dienone is 1. The predicted octanol–water partition coefficient (Wildman–Crippen LogP) is 1.87. The minimum absolute atomic E-state index is 0.0930. The molecular formula is C11H12N2O3. The predicted molar refractivity (Wildman–Crippen MR) is 62.5 cm³/mol. The molecule has 1 aromatic rings. The fourth-order valence-corrected chi connectivity index (χ4v) is 1.41. The molecule has 0 fully saturated rings. The molecule has 16 heavy (non-hydrogen) atoms. The van der Waals surface area contributed by atoms with Gasteiger partial charge in [-0.05, 0) is 12.1 Å². The minimum Gasteiger partial charge on any atom is -0.372 e. The van der Waals surface area contributed by atoms with Gasteiger partial charge in [-0.25, -0.2) is 0 Å². The summed E-state index contributed by atoms with van der Waals surface area (Å²) in [7, 11) is 3.41. The molecule has 0 heterocycles. The van der Waals surface area contributed by atoms with Crippen LogP contribution in [0.3, 0.4) is 0 Å². The van der Waals surface area contributed by atoms with Crippen LogP contribution in [0.15, 0.2) is 24.8 Å². The zero-order chi connectivity index (χ0) is 12.3. The van der Waals surface area contributed by atoms with E-state index < -0.39 is 4.92 Å². The van der Waals surface area contributed by atoms with Crippen molar-refractivity contribution >= 4 is 23.2 Å². The number of nitro groups is 1. The van der Waals surface area contributed by atoms with Crippen LogP contribution in [0.25, 0.3) is 5.57 Å². The van der Waals surface area contributed by atoms with E-state index in [1.165, 1.54) is 6.07 Å². The monoisotopic (exact) mass is 220 g/mol. The number of carbonyl (C=O) groups is 1. The van der Waals surface area contributed by atoms with Gasteiger partial charge in [-0.15, -0.1) is 0 Å². The van der Waals surface area contributed by atoms with Crippen LogP contribution in [0, 0.1) is 10.1 Å². The molecule has 0 aliphatic heterocycles. The molecule has 0 radical (unpaired) electrons. The van der Waals surface area contributed by atoms with E-state index in [1.807, 2.05) is 0 Å². The number of para-hydroxylation sites is 1.